The first-order valence-corrected chi connectivity index (χ1v) is 6.84. The Kier molecular flexibility index (Phi) is 4.53. The number of carbonyl (C=O) groups is 1. The van der Waals surface area contributed by atoms with Crippen molar-refractivity contribution in [3.63, 3.8) is 0 Å². The van der Waals surface area contributed by atoms with Crippen LogP contribution >= 0.6 is 11.3 Å². The van der Waals surface area contributed by atoms with Crippen LogP contribution in [0.4, 0.5) is 0 Å². The van der Waals surface area contributed by atoms with E-state index in [2.05, 4.69) is 11.4 Å². The first-order chi connectivity index (χ1) is 8.31. The van der Waals surface area contributed by atoms with Crippen molar-refractivity contribution in [1.29, 1.82) is 0 Å². The van der Waals surface area contributed by atoms with Gasteiger partial charge in [0.1, 0.15) is 6.61 Å². The molecule has 1 aromatic heterocycles. The number of carbonyl (C=O) groups excluding carboxylic acids is 1. The summed E-state index contributed by atoms with van der Waals surface area (Å²) in [5, 5.41) is 4.12. The van der Waals surface area contributed by atoms with Gasteiger partial charge in [0.2, 0.25) is 5.91 Å². The van der Waals surface area contributed by atoms with Crippen LogP contribution in [-0.4, -0.2) is 36.6 Å². The molecule has 0 spiro atoms. The third-order valence-corrected chi connectivity index (χ3v) is 3.46. The Bertz CT molecular complexity index is 349. The monoisotopic (exact) mass is 254 g/mol. The fourth-order valence-corrected chi connectivity index (χ4v) is 2.37. The molecule has 0 unspecified atom stereocenters. The maximum Gasteiger partial charge on any atom is 0.249 e. The Morgan fingerprint density at radius 1 is 1.59 bits per heavy atom. The second-order valence-electron chi connectivity index (χ2n) is 4.23. The Morgan fingerprint density at radius 3 is 3.00 bits per heavy atom. The molecule has 0 saturated heterocycles. The average molecular weight is 254 g/mol. The molecule has 1 amide bonds. The van der Waals surface area contributed by atoms with Crippen LogP contribution in [0.2, 0.25) is 0 Å². The van der Waals surface area contributed by atoms with Gasteiger partial charge in [0.25, 0.3) is 0 Å². The number of ether oxygens (including phenoxy) is 1. The van der Waals surface area contributed by atoms with Crippen LogP contribution in [0.15, 0.2) is 16.8 Å². The number of thiophene rings is 1. The zero-order valence-corrected chi connectivity index (χ0v) is 10.6. The number of rotatable bonds is 7. The molecule has 0 aromatic carbocycles. The third kappa shape index (κ3) is 3.80. The predicted molar refractivity (Wildman–Crippen MR) is 67.8 cm³/mol. The highest BCUT2D eigenvalue weighted by Gasteiger charge is 2.32. The Hall–Kier alpha value is -0.910. The summed E-state index contributed by atoms with van der Waals surface area (Å²) in [6, 6.07) is 2.48. The summed E-state index contributed by atoms with van der Waals surface area (Å²) < 4.78 is 5.21. The Labute approximate surface area is 105 Å². The van der Waals surface area contributed by atoms with Gasteiger partial charge < -0.3 is 15.4 Å². The van der Waals surface area contributed by atoms with Crippen molar-refractivity contribution in [2.75, 3.05) is 19.8 Å². The Morgan fingerprint density at radius 2 is 2.41 bits per heavy atom. The Balaban J connectivity index is 1.86. The van der Waals surface area contributed by atoms with Crippen molar-refractivity contribution in [3.05, 3.63) is 22.4 Å². The van der Waals surface area contributed by atoms with Crippen LogP contribution in [0.1, 0.15) is 18.4 Å². The van der Waals surface area contributed by atoms with E-state index in [-0.39, 0.29) is 12.5 Å². The number of nitrogens with two attached hydrogens (primary N) is 1. The van der Waals surface area contributed by atoms with Gasteiger partial charge in [0.05, 0.1) is 6.61 Å². The van der Waals surface area contributed by atoms with Crippen LogP contribution in [0.3, 0.4) is 0 Å². The van der Waals surface area contributed by atoms with Gasteiger partial charge in [0.15, 0.2) is 0 Å². The minimum Gasteiger partial charge on any atom is -0.370 e. The molecular weight excluding hydrogens is 236 g/mol. The molecule has 1 aliphatic rings. The third-order valence-electron chi connectivity index (χ3n) is 2.73. The molecule has 0 aliphatic heterocycles. The van der Waals surface area contributed by atoms with Gasteiger partial charge >= 0.3 is 0 Å². The van der Waals surface area contributed by atoms with Gasteiger partial charge in [-0.2, -0.15) is 11.3 Å². The summed E-state index contributed by atoms with van der Waals surface area (Å²) in [4.78, 5) is 13.9. The van der Waals surface area contributed by atoms with E-state index in [1.54, 1.807) is 11.3 Å². The quantitative estimate of drug-likeness (QED) is 0.744. The van der Waals surface area contributed by atoms with E-state index in [1.165, 1.54) is 5.56 Å². The highest BCUT2D eigenvalue weighted by molar-refractivity contribution is 7.07. The van der Waals surface area contributed by atoms with E-state index < -0.39 is 0 Å². The first-order valence-electron chi connectivity index (χ1n) is 5.89. The summed E-state index contributed by atoms with van der Waals surface area (Å²) in [5.74, 6) is 0.0761. The van der Waals surface area contributed by atoms with Crippen molar-refractivity contribution >= 4 is 17.2 Å². The highest BCUT2D eigenvalue weighted by Crippen LogP contribution is 2.28. The smallest absolute Gasteiger partial charge is 0.249 e. The standard InChI is InChI=1S/C12H18N2O2S/c13-4-5-16-8-12(15)14(11-1-2-11)7-10-3-6-17-9-10/h3,6,9,11H,1-2,4-5,7-8,13H2. The first kappa shape index (κ1) is 12.5. The molecular formula is C12H18N2O2S. The molecule has 0 bridgehead atoms. The van der Waals surface area contributed by atoms with Crippen molar-refractivity contribution in [3.8, 4) is 0 Å². The lowest BCUT2D eigenvalue weighted by Gasteiger charge is -2.21. The molecule has 0 radical (unpaired) electrons. The number of hydrogen-bond donors (Lipinski definition) is 1. The lowest BCUT2D eigenvalue weighted by Crippen LogP contribution is -2.35. The number of nitrogens with zero attached hydrogens (tertiary/aromatic N) is 1. The van der Waals surface area contributed by atoms with E-state index in [9.17, 15) is 4.79 Å². The fourth-order valence-electron chi connectivity index (χ4n) is 1.71. The van der Waals surface area contributed by atoms with Gasteiger partial charge in [-0.15, -0.1) is 0 Å². The molecule has 1 aromatic rings. The van der Waals surface area contributed by atoms with E-state index in [0.717, 1.165) is 12.8 Å². The average Bonchev–Trinajstić information content (AvgIpc) is 3.03. The normalized spacial score (nSPS) is 14.9. The molecule has 1 saturated carbocycles. The van der Waals surface area contributed by atoms with Gasteiger partial charge in [-0.25, -0.2) is 0 Å². The van der Waals surface area contributed by atoms with E-state index in [4.69, 9.17) is 10.5 Å². The zero-order chi connectivity index (χ0) is 12.1. The van der Waals surface area contributed by atoms with Crippen LogP contribution in [0.5, 0.6) is 0 Å². The molecule has 5 heteroatoms. The molecule has 17 heavy (non-hydrogen) atoms. The van der Waals surface area contributed by atoms with Crippen molar-refractivity contribution in [2.24, 2.45) is 5.73 Å². The predicted octanol–water partition coefficient (Wildman–Crippen LogP) is 1.21. The largest absolute Gasteiger partial charge is 0.370 e. The lowest BCUT2D eigenvalue weighted by molar-refractivity contribution is -0.137. The fraction of sp³-hybridized carbons (Fsp3) is 0.583. The van der Waals surface area contributed by atoms with E-state index in [0.29, 0.717) is 25.7 Å². The van der Waals surface area contributed by atoms with Crippen LogP contribution < -0.4 is 5.73 Å². The molecule has 2 rings (SSSR count). The van der Waals surface area contributed by atoms with Gasteiger partial charge in [-0.1, -0.05) is 0 Å². The topological polar surface area (TPSA) is 55.6 Å². The summed E-state index contributed by atoms with van der Waals surface area (Å²) in [5.41, 5.74) is 6.53. The van der Waals surface area contributed by atoms with Gasteiger partial charge in [-0.05, 0) is 35.2 Å². The molecule has 1 fully saturated rings. The van der Waals surface area contributed by atoms with Crippen molar-refractivity contribution in [2.45, 2.75) is 25.4 Å². The molecule has 1 heterocycles. The molecule has 1 aliphatic carbocycles. The zero-order valence-electron chi connectivity index (χ0n) is 9.80. The second kappa shape index (κ2) is 6.14. The lowest BCUT2D eigenvalue weighted by atomic mass is 10.3. The maximum atomic E-state index is 12.0. The summed E-state index contributed by atoms with van der Waals surface area (Å²) in [6.07, 6.45) is 2.24. The number of hydrogen-bond acceptors (Lipinski definition) is 4. The summed E-state index contributed by atoms with van der Waals surface area (Å²) >= 11 is 1.66. The summed E-state index contributed by atoms with van der Waals surface area (Å²) in [6.45, 7) is 1.76. The second-order valence-corrected chi connectivity index (χ2v) is 5.01. The summed E-state index contributed by atoms with van der Waals surface area (Å²) in [7, 11) is 0. The highest BCUT2D eigenvalue weighted by atomic mass is 32.1. The molecule has 94 valence electrons. The van der Waals surface area contributed by atoms with E-state index >= 15 is 0 Å². The van der Waals surface area contributed by atoms with Crippen LogP contribution in [0.25, 0.3) is 0 Å². The minimum absolute atomic E-state index is 0.0761. The number of amides is 1. The molecule has 4 nitrogen and oxygen atoms in total. The van der Waals surface area contributed by atoms with Gasteiger partial charge in [-0.3, -0.25) is 4.79 Å². The van der Waals surface area contributed by atoms with Crippen LogP contribution in [-0.2, 0) is 16.1 Å². The van der Waals surface area contributed by atoms with Crippen LogP contribution in [0, 0.1) is 0 Å². The molecule has 0 atom stereocenters. The van der Waals surface area contributed by atoms with Gasteiger partial charge in [0, 0.05) is 19.1 Å². The van der Waals surface area contributed by atoms with E-state index in [1.807, 2.05) is 10.3 Å². The molecule has 2 N–H and O–H groups in total. The maximum absolute atomic E-state index is 12.0. The van der Waals surface area contributed by atoms with Crippen molar-refractivity contribution in [1.82, 2.24) is 4.90 Å². The SMILES string of the molecule is NCCOCC(=O)N(Cc1ccsc1)C1CC1. The van der Waals surface area contributed by atoms with Crippen molar-refractivity contribution < 1.29 is 9.53 Å². The minimum atomic E-state index is 0.0761.